The van der Waals surface area contributed by atoms with Crippen molar-refractivity contribution in [2.45, 2.75) is 5.41 Å². The Morgan fingerprint density at radius 2 is 0.847 bits per heavy atom. The summed E-state index contributed by atoms with van der Waals surface area (Å²) in [6, 6.07) is 81.4. The molecule has 2 nitrogen and oxygen atoms in total. The second-order valence-electron chi connectivity index (χ2n) is 15.6. The highest BCUT2D eigenvalue weighted by Gasteiger charge is 2.55. The van der Waals surface area contributed by atoms with Crippen molar-refractivity contribution in [3.05, 3.63) is 247 Å². The smallest absolute Gasteiger partial charge is 0.135 e. The number of hydrogen-bond donors (Lipinski definition) is 0. The zero-order valence-electron chi connectivity index (χ0n) is 32.2. The van der Waals surface area contributed by atoms with Gasteiger partial charge < -0.3 is 9.32 Å². The van der Waals surface area contributed by atoms with E-state index in [9.17, 15) is 0 Å². The number of furan rings is 1. The summed E-state index contributed by atoms with van der Waals surface area (Å²) >= 11 is 0. The van der Waals surface area contributed by atoms with Crippen molar-refractivity contribution in [3.8, 4) is 55.6 Å². The maximum Gasteiger partial charge on any atom is 0.135 e. The third-order valence-electron chi connectivity index (χ3n) is 12.5. The molecule has 0 saturated heterocycles. The van der Waals surface area contributed by atoms with Crippen LogP contribution in [0.25, 0.3) is 66.6 Å². The highest BCUT2D eigenvalue weighted by Crippen LogP contribution is 2.65. The number of nitrogens with zero attached hydrogens (tertiary/aromatic N) is 1. The van der Waals surface area contributed by atoms with Crippen LogP contribution in [0.15, 0.2) is 229 Å². The van der Waals surface area contributed by atoms with Crippen molar-refractivity contribution in [3.63, 3.8) is 0 Å². The van der Waals surface area contributed by atoms with Crippen LogP contribution in [0, 0.1) is 0 Å². The Labute approximate surface area is 343 Å². The zero-order valence-corrected chi connectivity index (χ0v) is 32.2. The minimum atomic E-state index is -0.579. The van der Waals surface area contributed by atoms with Crippen LogP contribution in [-0.4, -0.2) is 0 Å². The molecule has 2 aliphatic carbocycles. The molecule has 0 bridgehead atoms. The van der Waals surface area contributed by atoms with E-state index in [1.807, 2.05) is 0 Å². The van der Waals surface area contributed by atoms with Crippen molar-refractivity contribution in [2.24, 2.45) is 0 Å². The molecule has 1 aromatic heterocycles. The van der Waals surface area contributed by atoms with Crippen molar-refractivity contribution in [1.82, 2.24) is 0 Å². The van der Waals surface area contributed by atoms with Gasteiger partial charge in [-0.2, -0.15) is 0 Å². The molecule has 0 amide bonds. The zero-order chi connectivity index (χ0) is 38.9. The first-order chi connectivity index (χ1) is 29.3. The molecule has 0 N–H and O–H groups in total. The molecule has 0 aliphatic heterocycles. The van der Waals surface area contributed by atoms with Gasteiger partial charge in [0.15, 0.2) is 0 Å². The second kappa shape index (κ2) is 13.2. The number of para-hydroxylation sites is 1. The van der Waals surface area contributed by atoms with Crippen LogP contribution >= 0.6 is 0 Å². The lowest BCUT2D eigenvalue weighted by atomic mass is 9.73. The highest BCUT2D eigenvalue weighted by molar-refractivity contribution is 6.05. The predicted molar refractivity (Wildman–Crippen MR) is 244 cm³/mol. The Morgan fingerprint density at radius 3 is 1.53 bits per heavy atom. The van der Waals surface area contributed by atoms with Gasteiger partial charge in [-0.25, -0.2) is 0 Å². The predicted octanol–water partition coefficient (Wildman–Crippen LogP) is 15.2. The lowest BCUT2D eigenvalue weighted by Crippen LogP contribution is -2.25. The summed E-state index contributed by atoms with van der Waals surface area (Å²) in [6.45, 7) is 0. The van der Waals surface area contributed by atoms with Gasteiger partial charge >= 0.3 is 0 Å². The van der Waals surface area contributed by atoms with E-state index < -0.39 is 5.41 Å². The number of benzene rings is 9. The van der Waals surface area contributed by atoms with Crippen LogP contribution in [-0.2, 0) is 5.41 Å². The van der Waals surface area contributed by atoms with Gasteiger partial charge in [0, 0.05) is 27.9 Å². The monoisotopic (exact) mass is 751 g/mol. The molecule has 9 aromatic carbocycles. The van der Waals surface area contributed by atoms with Gasteiger partial charge in [-0.3, -0.25) is 0 Å². The van der Waals surface area contributed by atoms with Crippen molar-refractivity contribution in [1.29, 1.82) is 0 Å². The van der Waals surface area contributed by atoms with E-state index in [-0.39, 0.29) is 0 Å². The van der Waals surface area contributed by atoms with Gasteiger partial charge in [-0.15, -0.1) is 0 Å². The summed E-state index contributed by atoms with van der Waals surface area (Å²) in [5.74, 6) is 0.999. The molecule has 2 aliphatic rings. The Morgan fingerprint density at radius 1 is 0.339 bits per heavy atom. The molecule has 1 spiro atoms. The first-order valence-electron chi connectivity index (χ1n) is 20.3. The van der Waals surface area contributed by atoms with Gasteiger partial charge in [0.1, 0.15) is 16.8 Å². The van der Waals surface area contributed by atoms with Crippen LogP contribution in [0.5, 0.6) is 0 Å². The van der Waals surface area contributed by atoms with Gasteiger partial charge in [0.05, 0.1) is 5.69 Å². The molecule has 0 unspecified atom stereocenters. The minimum absolute atomic E-state index is 0.579. The summed E-state index contributed by atoms with van der Waals surface area (Å²) in [6.07, 6.45) is 0. The summed E-state index contributed by atoms with van der Waals surface area (Å²) < 4.78 is 7.09. The average molecular weight is 752 g/mol. The maximum atomic E-state index is 7.09. The number of anilines is 3. The van der Waals surface area contributed by atoms with Gasteiger partial charge in [0.25, 0.3) is 0 Å². The molecule has 12 rings (SSSR count). The normalized spacial score (nSPS) is 12.9. The van der Waals surface area contributed by atoms with Crippen LogP contribution in [0.1, 0.15) is 22.5 Å². The number of rotatable bonds is 6. The summed E-state index contributed by atoms with van der Waals surface area (Å²) in [5, 5.41) is 1.13. The van der Waals surface area contributed by atoms with E-state index in [0.29, 0.717) is 0 Å². The Bertz CT molecular complexity index is 3150. The Kier molecular flexibility index (Phi) is 7.48. The fourth-order valence-electron chi connectivity index (χ4n) is 9.93. The Hall–Kier alpha value is -7.68. The van der Waals surface area contributed by atoms with Crippen LogP contribution < -0.4 is 4.90 Å². The van der Waals surface area contributed by atoms with Gasteiger partial charge in [0.2, 0.25) is 0 Å². The van der Waals surface area contributed by atoms with Crippen LogP contribution in [0.3, 0.4) is 0 Å². The summed E-state index contributed by atoms with van der Waals surface area (Å²) in [7, 11) is 0. The highest BCUT2D eigenvalue weighted by atomic mass is 16.3. The Balaban J connectivity index is 1.13. The van der Waals surface area contributed by atoms with E-state index in [0.717, 1.165) is 44.9 Å². The summed E-state index contributed by atoms with van der Waals surface area (Å²) in [4.78, 5) is 2.44. The van der Waals surface area contributed by atoms with Crippen molar-refractivity contribution < 1.29 is 4.42 Å². The lowest BCUT2D eigenvalue weighted by molar-refractivity contribution is 0.507. The fourth-order valence-corrected chi connectivity index (χ4v) is 9.93. The SMILES string of the molecule is c1ccc(-c2ccc(N(c3ccc4c(c3)-c3c(oc5ccccc35)C43c4ccccc4-c4ccccc43)c3ccc(-c4ccccc4)cc3-c3ccccc3)cc2)cc1. The average Bonchev–Trinajstić information content (AvgIpc) is 3.94. The minimum Gasteiger partial charge on any atom is -0.459 e. The maximum absolute atomic E-state index is 7.09. The molecular weight excluding hydrogens is 715 g/mol. The number of fused-ring (bicyclic) bond motifs is 12. The topological polar surface area (TPSA) is 16.4 Å². The second-order valence-corrected chi connectivity index (χ2v) is 15.6. The first kappa shape index (κ1) is 33.5. The molecule has 1 heterocycles. The first-order valence-corrected chi connectivity index (χ1v) is 20.3. The molecule has 2 heteroatoms. The number of hydrogen-bond acceptors (Lipinski definition) is 2. The molecule has 0 saturated carbocycles. The van der Waals surface area contributed by atoms with Crippen LogP contribution in [0.2, 0.25) is 0 Å². The van der Waals surface area contributed by atoms with E-state index >= 15 is 0 Å². The molecule has 276 valence electrons. The van der Waals surface area contributed by atoms with E-state index in [1.165, 1.54) is 61.2 Å². The third-order valence-corrected chi connectivity index (χ3v) is 12.5. The van der Waals surface area contributed by atoms with E-state index in [4.69, 9.17) is 4.42 Å². The molecule has 0 radical (unpaired) electrons. The lowest BCUT2D eigenvalue weighted by Gasteiger charge is -2.31. The molecule has 0 fully saturated rings. The fraction of sp³-hybridized carbons (Fsp3) is 0.0175. The summed E-state index contributed by atoms with van der Waals surface area (Å²) in [5.41, 5.74) is 19.3. The van der Waals surface area contributed by atoms with Gasteiger partial charge in [-0.1, -0.05) is 182 Å². The standard InChI is InChI=1S/C57H37NO/c1-4-16-38(17-5-1)40-28-31-43(32-29-40)58(53-35-30-42(39-18-6-2-7-19-39)36-48(53)41-20-8-3-9-21-41)44-33-34-52-49(37-44)55-47-24-12-15-27-54(47)59-56(55)57(52)50-25-13-10-22-45(50)46-23-11-14-26-51(46)57/h1-37H. The van der Waals surface area contributed by atoms with Crippen LogP contribution in [0.4, 0.5) is 17.1 Å². The molecular formula is C57H37NO. The molecule has 0 atom stereocenters. The van der Waals surface area contributed by atoms with Crippen molar-refractivity contribution in [2.75, 3.05) is 4.90 Å². The molecule has 10 aromatic rings. The van der Waals surface area contributed by atoms with Gasteiger partial charge in [-0.05, 0) is 104 Å². The largest absolute Gasteiger partial charge is 0.459 e. The van der Waals surface area contributed by atoms with E-state index in [2.05, 4.69) is 229 Å². The quantitative estimate of drug-likeness (QED) is 0.168. The van der Waals surface area contributed by atoms with E-state index in [1.54, 1.807) is 0 Å². The third kappa shape index (κ3) is 5.00. The molecule has 59 heavy (non-hydrogen) atoms. The van der Waals surface area contributed by atoms with Crippen molar-refractivity contribution >= 4 is 28.0 Å².